The number of hydrogen-bond donors (Lipinski definition) is 0. The molecule has 1 fully saturated rings. The van der Waals surface area contributed by atoms with Crippen molar-refractivity contribution in [1.82, 2.24) is 4.90 Å². The number of piperidine rings is 1. The van der Waals surface area contributed by atoms with E-state index in [2.05, 4.69) is 6.07 Å². The number of nitrogens with zero attached hydrogens (tertiary/aromatic N) is 2. The quantitative estimate of drug-likeness (QED) is 0.749. The molecule has 0 aliphatic carbocycles. The van der Waals surface area contributed by atoms with Crippen LogP contribution < -0.4 is 0 Å². The van der Waals surface area contributed by atoms with Crippen molar-refractivity contribution in [3.8, 4) is 6.07 Å². The summed E-state index contributed by atoms with van der Waals surface area (Å²) in [5, 5.41) is 9.31. The lowest BCUT2D eigenvalue weighted by Gasteiger charge is -2.41. The van der Waals surface area contributed by atoms with Crippen molar-refractivity contribution in [2.24, 2.45) is 11.3 Å². The van der Waals surface area contributed by atoms with E-state index in [4.69, 9.17) is 9.47 Å². The van der Waals surface area contributed by atoms with Gasteiger partial charge in [0.2, 0.25) is 0 Å². The number of likely N-dealkylation sites (tertiary alicyclic amines) is 1. The fourth-order valence-electron chi connectivity index (χ4n) is 2.53. The molecule has 1 heterocycles. The molecule has 1 aliphatic rings. The molecule has 124 valence electrons. The zero-order chi connectivity index (χ0) is 17.0. The molecule has 0 radical (unpaired) electrons. The third-order valence-electron chi connectivity index (χ3n) is 3.91. The first-order valence-corrected chi connectivity index (χ1v) is 7.67. The molecule has 0 N–H and O–H groups in total. The zero-order valence-corrected chi connectivity index (χ0v) is 14.1. The molecule has 1 amide bonds. The molecular weight excluding hydrogens is 284 g/mol. The van der Waals surface area contributed by atoms with Gasteiger partial charge in [0.05, 0.1) is 12.7 Å². The minimum absolute atomic E-state index is 0.261. The Labute approximate surface area is 132 Å². The zero-order valence-electron chi connectivity index (χ0n) is 14.1. The van der Waals surface area contributed by atoms with Crippen molar-refractivity contribution in [3.63, 3.8) is 0 Å². The van der Waals surface area contributed by atoms with E-state index >= 15 is 0 Å². The number of amides is 1. The average molecular weight is 310 g/mol. The van der Waals surface area contributed by atoms with Gasteiger partial charge in [-0.25, -0.2) is 4.79 Å². The molecule has 0 bridgehead atoms. The van der Waals surface area contributed by atoms with Gasteiger partial charge in [0.1, 0.15) is 11.5 Å². The van der Waals surface area contributed by atoms with Crippen LogP contribution >= 0.6 is 0 Å². The molecule has 22 heavy (non-hydrogen) atoms. The Morgan fingerprint density at radius 2 is 1.86 bits per heavy atom. The van der Waals surface area contributed by atoms with Crippen molar-refractivity contribution >= 4 is 12.1 Å². The van der Waals surface area contributed by atoms with Crippen LogP contribution in [0.1, 0.15) is 47.5 Å². The minimum atomic E-state index is -0.798. The van der Waals surface area contributed by atoms with Crippen LogP contribution in [0.2, 0.25) is 0 Å². The third kappa shape index (κ3) is 4.62. The highest BCUT2D eigenvalue weighted by Gasteiger charge is 2.43. The Morgan fingerprint density at radius 1 is 1.32 bits per heavy atom. The van der Waals surface area contributed by atoms with Gasteiger partial charge in [0.25, 0.3) is 0 Å². The van der Waals surface area contributed by atoms with Gasteiger partial charge in [-0.1, -0.05) is 6.92 Å². The van der Waals surface area contributed by atoms with E-state index in [1.165, 1.54) is 0 Å². The Hall–Kier alpha value is -1.77. The van der Waals surface area contributed by atoms with Gasteiger partial charge >= 0.3 is 12.1 Å². The maximum Gasteiger partial charge on any atom is 0.410 e. The Morgan fingerprint density at radius 3 is 2.27 bits per heavy atom. The highest BCUT2D eigenvalue weighted by atomic mass is 16.6. The summed E-state index contributed by atoms with van der Waals surface area (Å²) in [5.74, 6) is -1.27. The van der Waals surface area contributed by atoms with Gasteiger partial charge in [-0.05, 0) is 46.0 Å². The van der Waals surface area contributed by atoms with E-state index in [0.717, 1.165) is 0 Å². The maximum atomic E-state index is 12.0. The third-order valence-corrected chi connectivity index (χ3v) is 3.91. The summed E-state index contributed by atoms with van der Waals surface area (Å²) in [7, 11) is 0. The first-order valence-electron chi connectivity index (χ1n) is 7.67. The lowest BCUT2D eigenvalue weighted by atomic mass is 9.71. The molecule has 0 spiro atoms. The monoisotopic (exact) mass is 310 g/mol. The van der Waals surface area contributed by atoms with E-state index < -0.39 is 22.9 Å². The molecule has 0 saturated carbocycles. The standard InChI is InChI=1S/C16H26N2O4/c1-6-21-13(19)12(11-17)16(5)7-9-18(10-8-16)14(20)22-15(2,3)4/h12H,6-10H2,1-5H3. The number of nitriles is 1. The number of carbonyl (C=O) groups is 2. The van der Waals surface area contributed by atoms with E-state index in [0.29, 0.717) is 25.9 Å². The van der Waals surface area contributed by atoms with Gasteiger partial charge in [-0.15, -0.1) is 0 Å². The lowest BCUT2D eigenvalue weighted by Crippen LogP contribution is -2.47. The summed E-state index contributed by atoms with van der Waals surface area (Å²) >= 11 is 0. The average Bonchev–Trinajstić information content (AvgIpc) is 2.38. The van der Waals surface area contributed by atoms with Crippen LogP contribution in [0, 0.1) is 22.7 Å². The highest BCUT2D eigenvalue weighted by Crippen LogP contribution is 2.39. The number of esters is 1. The Bertz CT molecular complexity index is 454. The van der Waals surface area contributed by atoms with Crippen molar-refractivity contribution in [3.05, 3.63) is 0 Å². The molecule has 0 aromatic heterocycles. The van der Waals surface area contributed by atoms with Gasteiger partial charge < -0.3 is 14.4 Å². The van der Waals surface area contributed by atoms with Crippen molar-refractivity contribution < 1.29 is 19.1 Å². The molecular formula is C16H26N2O4. The molecule has 0 aromatic rings. The van der Waals surface area contributed by atoms with Crippen molar-refractivity contribution in [2.45, 2.75) is 53.1 Å². The van der Waals surface area contributed by atoms with E-state index in [-0.39, 0.29) is 12.7 Å². The largest absolute Gasteiger partial charge is 0.465 e. The lowest BCUT2D eigenvalue weighted by molar-refractivity contribution is -0.150. The fourth-order valence-corrected chi connectivity index (χ4v) is 2.53. The summed E-state index contributed by atoms with van der Waals surface area (Å²) in [6.07, 6.45) is 0.797. The van der Waals surface area contributed by atoms with E-state index in [9.17, 15) is 14.9 Å². The minimum Gasteiger partial charge on any atom is -0.465 e. The summed E-state index contributed by atoms with van der Waals surface area (Å²) < 4.78 is 10.3. The Kier molecular flexibility index (Phi) is 5.81. The molecule has 1 saturated heterocycles. The molecule has 1 unspecified atom stereocenters. The van der Waals surface area contributed by atoms with Gasteiger partial charge in [-0.2, -0.15) is 5.26 Å². The number of hydrogen-bond acceptors (Lipinski definition) is 5. The second-order valence-electron chi connectivity index (χ2n) is 6.94. The molecule has 6 heteroatoms. The normalized spacial score (nSPS) is 19.0. The van der Waals surface area contributed by atoms with Crippen LogP contribution in [0.15, 0.2) is 0 Å². The van der Waals surface area contributed by atoms with Crippen LogP contribution in [0.25, 0.3) is 0 Å². The topological polar surface area (TPSA) is 79.6 Å². The molecule has 0 aromatic carbocycles. The maximum absolute atomic E-state index is 12.0. The summed E-state index contributed by atoms with van der Waals surface area (Å²) in [6, 6.07) is 2.07. The molecule has 6 nitrogen and oxygen atoms in total. The smallest absolute Gasteiger partial charge is 0.410 e. The number of ether oxygens (including phenoxy) is 2. The van der Waals surface area contributed by atoms with Crippen LogP contribution in [0.3, 0.4) is 0 Å². The predicted molar refractivity (Wildman–Crippen MR) is 80.9 cm³/mol. The van der Waals surface area contributed by atoms with Gasteiger partial charge in [0.15, 0.2) is 0 Å². The first-order chi connectivity index (χ1) is 10.1. The second kappa shape index (κ2) is 6.99. The highest BCUT2D eigenvalue weighted by molar-refractivity contribution is 5.76. The van der Waals surface area contributed by atoms with E-state index in [1.54, 1.807) is 11.8 Å². The number of rotatable bonds is 3. The summed E-state index contributed by atoms with van der Waals surface area (Å²) in [6.45, 7) is 10.3. The van der Waals surface area contributed by atoms with Crippen molar-refractivity contribution in [2.75, 3.05) is 19.7 Å². The summed E-state index contributed by atoms with van der Waals surface area (Å²) in [5.41, 5.74) is -1.00. The van der Waals surface area contributed by atoms with Crippen LogP contribution in [-0.4, -0.2) is 42.3 Å². The molecule has 1 rings (SSSR count). The van der Waals surface area contributed by atoms with Crippen LogP contribution in [-0.2, 0) is 14.3 Å². The predicted octanol–water partition coefficient (Wildman–Crippen LogP) is 2.73. The molecule has 1 aliphatic heterocycles. The second-order valence-corrected chi connectivity index (χ2v) is 6.94. The SMILES string of the molecule is CCOC(=O)C(C#N)C1(C)CCN(C(=O)OC(C)(C)C)CC1. The number of carbonyl (C=O) groups excluding carboxylic acids is 2. The summed E-state index contributed by atoms with van der Waals surface area (Å²) in [4.78, 5) is 25.6. The Balaban J connectivity index is 2.68. The van der Waals surface area contributed by atoms with E-state index in [1.807, 2.05) is 27.7 Å². The van der Waals surface area contributed by atoms with Gasteiger partial charge in [-0.3, -0.25) is 4.79 Å². The van der Waals surface area contributed by atoms with Crippen LogP contribution in [0.5, 0.6) is 0 Å². The molecule has 1 atom stereocenters. The van der Waals surface area contributed by atoms with Crippen LogP contribution in [0.4, 0.5) is 4.79 Å². The first kappa shape index (κ1) is 18.3. The van der Waals surface area contributed by atoms with Crippen molar-refractivity contribution in [1.29, 1.82) is 5.26 Å². The fraction of sp³-hybridized carbons (Fsp3) is 0.812. The van der Waals surface area contributed by atoms with Gasteiger partial charge in [0, 0.05) is 13.1 Å².